The van der Waals surface area contributed by atoms with Gasteiger partial charge in [0.15, 0.2) is 0 Å². The number of hydrogen-bond donors (Lipinski definition) is 1. The number of rotatable bonds is 8. The van der Waals surface area contributed by atoms with Crippen LogP contribution in [0.15, 0.2) is 18.2 Å². The first-order chi connectivity index (χ1) is 10.9. The van der Waals surface area contributed by atoms with Gasteiger partial charge in [-0.25, -0.2) is 0 Å². The van der Waals surface area contributed by atoms with E-state index in [1.54, 1.807) is 6.92 Å². The lowest BCUT2D eigenvalue weighted by molar-refractivity contribution is -0.129. The minimum Gasteiger partial charge on any atom is -0.377 e. The third kappa shape index (κ3) is 5.90. The molecule has 0 radical (unpaired) electrons. The molecule has 0 unspecified atom stereocenters. The number of amides is 2. The van der Waals surface area contributed by atoms with E-state index in [0.29, 0.717) is 18.8 Å². The number of carbonyl (C=O) groups excluding carboxylic acids is 2. The second-order valence-corrected chi connectivity index (χ2v) is 5.66. The van der Waals surface area contributed by atoms with Gasteiger partial charge >= 0.3 is 0 Å². The Bertz CT molecular complexity index is 544. The molecule has 1 rings (SSSR count). The molecule has 2 amide bonds. The molecule has 23 heavy (non-hydrogen) atoms. The molecule has 0 aliphatic rings. The second kappa shape index (κ2) is 9.15. The predicted octanol–water partition coefficient (Wildman–Crippen LogP) is 2.10. The van der Waals surface area contributed by atoms with E-state index in [9.17, 15) is 9.59 Å². The third-order valence-corrected chi connectivity index (χ3v) is 3.42. The molecule has 1 aromatic rings. The number of anilines is 2. The molecule has 0 heterocycles. The molecule has 0 fully saturated rings. The highest BCUT2D eigenvalue weighted by atomic mass is 16.5. The lowest BCUT2D eigenvalue weighted by Gasteiger charge is -2.25. The van der Waals surface area contributed by atoms with Gasteiger partial charge in [0, 0.05) is 52.6 Å². The van der Waals surface area contributed by atoms with Crippen LogP contribution in [0.1, 0.15) is 25.8 Å². The monoisotopic (exact) mass is 321 g/mol. The van der Waals surface area contributed by atoms with Gasteiger partial charge in [0.05, 0.1) is 0 Å². The van der Waals surface area contributed by atoms with Gasteiger partial charge in [0.25, 0.3) is 0 Å². The van der Waals surface area contributed by atoms with Crippen molar-refractivity contribution >= 4 is 23.2 Å². The molecule has 0 saturated heterocycles. The summed E-state index contributed by atoms with van der Waals surface area (Å²) in [6.07, 6.45) is 0.904. The first kappa shape index (κ1) is 19.0. The number of hydrogen-bond acceptors (Lipinski definition) is 4. The molecule has 1 N–H and O–H groups in total. The van der Waals surface area contributed by atoms with Gasteiger partial charge in [-0.2, -0.15) is 0 Å². The summed E-state index contributed by atoms with van der Waals surface area (Å²) in [5.41, 5.74) is 2.72. The Labute approximate surface area is 138 Å². The van der Waals surface area contributed by atoms with Crippen molar-refractivity contribution in [2.24, 2.45) is 0 Å². The fourth-order valence-corrected chi connectivity index (χ4v) is 2.38. The maximum atomic E-state index is 11.8. The van der Waals surface area contributed by atoms with Crippen LogP contribution in [0.2, 0.25) is 0 Å². The van der Waals surface area contributed by atoms with Crippen LogP contribution in [0.5, 0.6) is 0 Å². The number of benzene rings is 1. The molecule has 1 aromatic carbocycles. The van der Waals surface area contributed by atoms with Crippen LogP contribution in [0.4, 0.5) is 11.4 Å². The van der Waals surface area contributed by atoms with E-state index in [1.165, 1.54) is 7.11 Å². The molecule has 0 atom stereocenters. The number of nitrogens with one attached hydrogen (secondary N) is 1. The van der Waals surface area contributed by atoms with Crippen molar-refractivity contribution < 1.29 is 14.3 Å². The summed E-state index contributed by atoms with van der Waals surface area (Å²) in [6.45, 7) is 4.87. The van der Waals surface area contributed by atoms with Gasteiger partial charge in [-0.15, -0.1) is 0 Å². The van der Waals surface area contributed by atoms with Crippen LogP contribution < -0.4 is 10.2 Å². The van der Waals surface area contributed by atoms with E-state index in [4.69, 9.17) is 4.74 Å². The summed E-state index contributed by atoms with van der Waals surface area (Å²) in [6, 6.07) is 5.71. The molecule has 0 saturated carbocycles. The molecule has 0 bridgehead atoms. The molecular weight excluding hydrogens is 294 g/mol. The SMILES string of the molecule is CCCN(Cc1cc(NC(=O)COC)ccc1N(C)C)C(C)=O. The van der Waals surface area contributed by atoms with Crippen molar-refractivity contribution in [3.05, 3.63) is 23.8 Å². The Morgan fingerprint density at radius 1 is 1.26 bits per heavy atom. The van der Waals surface area contributed by atoms with Crippen LogP contribution >= 0.6 is 0 Å². The van der Waals surface area contributed by atoms with Crippen molar-refractivity contribution in [3.63, 3.8) is 0 Å². The molecule has 0 aromatic heterocycles. The van der Waals surface area contributed by atoms with Crippen LogP contribution in [-0.4, -0.2) is 51.1 Å². The van der Waals surface area contributed by atoms with Gasteiger partial charge in [-0.1, -0.05) is 6.92 Å². The fraction of sp³-hybridized carbons (Fsp3) is 0.529. The number of methoxy groups -OCH3 is 1. The number of ether oxygens (including phenoxy) is 1. The van der Waals surface area contributed by atoms with Crippen molar-refractivity contribution in [2.75, 3.05) is 44.6 Å². The van der Waals surface area contributed by atoms with E-state index in [0.717, 1.165) is 17.7 Å². The van der Waals surface area contributed by atoms with E-state index >= 15 is 0 Å². The zero-order chi connectivity index (χ0) is 17.4. The molecule has 6 nitrogen and oxygen atoms in total. The first-order valence-electron chi connectivity index (χ1n) is 7.73. The Hall–Kier alpha value is -2.08. The third-order valence-electron chi connectivity index (χ3n) is 3.42. The Morgan fingerprint density at radius 2 is 1.96 bits per heavy atom. The van der Waals surface area contributed by atoms with Crippen molar-refractivity contribution in [3.8, 4) is 0 Å². The van der Waals surface area contributed by atoms with Gasteiger partial charge in [-0.3, -0.25) is 9.59 Å². The number of nitrogens with zero attached hydrogens (tertiary/aromatic N) is 2. The Morgan fingerprint density at radius 3 is 2.48 bits per heavy atom. The predicted molar refractivity (Wildman–Crippen MR) is 92.7 cm³/mol. The van der Waals surface area contributed by atoms with Gasteiger partial charge in [0.2, 0.25) is 11.8 Å². The average Bonchev–Trinajstić information content (AvgIpc) is 2.46. The number of carbonyl (C=O) groups is 2. The topological polar surface area (TPSA) is 61.9 Å². The summed E-state index contributed by atoms with van der Waals surface area (Å²) < 4.78 is 4.82. The summed E-state index contributed by atoms with van der Waals surface area (Å²) in [5.74, 6) is -0.154. The lowest BCUT2D eigenvalue weighted by atomic mass is 10.1. The second-order valence-electron chi connectivity index (χ2n) is 5.66. The molecule has 0 aliphatic carbocycles. The fourth-order valence-electron chi connectivity index (χ4n) is 2.38. The normalized spacial score (nSPS) is 10.3. The van der Waals surface area contributed by atoms with Crippen molar-refractivity contribution in [2.45, 2.75) is 26.8 Å². The highest BCUT2D eigenvalue weighted by Crippen LogP contribution is 2.24. The highest BCUT2D eigenvalue weighted by molar-refractivity contribution is 5.92. The lowest BCUT2D eigenvalue weighted by Crippen LogP contribution is -2.29. The summed E-state index contributed by atoms with van der Waals surface area (Å²) >= 11 is 0. The maximum absolute atomic E-state index is 11.8. The quantitative estimate of drug-likeness (QED) is 0.796. The van der Waals surface area contributed by atoms with E-state index in [2.05, 4.69) is 5.32 Å². The van der Waals surface area contributed by atoms with Gasteiger partial charge in [0.1, 0.15) is 6.61 Å². The highest BCUT2D eigenvalue weighted by Gasteiger charge is 2.14. The summed E-state index contributed by atoms with van der Waals surface area (Å²) in [4.78, 5) is 27.3. The Kier molecular flexibility index (Phi) is 7.54. The minimum absolute atomic E-state index is 0.0141. The van der Waals surface area contributed by atoms with Crippen LogP contribution in [-0.2, 0) is 20.9 Å². The van der Waals surface area contributed by atoms with E-state index in [1.807, 2.05) is 49.0 Å². The van der Waals surface area contributed by atoms with E-state index < -0.39 is 0 Å². The maximum Gasteiger partial charge on any atom is 0.250 e. The summed E-state index contributed by atoms with van der Waals surface area (Å²) in [5, 5.41) is 2.80. The van der Waals surface area contributed by atoms with Crippen LogP contribution in [0.3, 0.4) is 0 Å². The molecule has 6 heteroatoms. The molecular formula is C17H27N3O3. The molecule has 128 valence electrons. The largest absolute Gasteiger partial charge is 0.377 e. The minimum atomic E-state index is -0.201. The summed E-state index contributed by atoms with van der Waals surface area (Å²) in [7, 11) is 5.40. The first-order valence-corrected chi connectivity index (χ1v) is 7.73. The van der Waals surface area contributed by atoms with Gasteiger partial charge < -0.3 is 19.9 Å². The van der Waals surface area contributed by atoms with Crippen molar-refractivity contribution in [1.29, 1.82) is 0 Å². The standard InChI is InChI=1S/C17H27N3O3/c1-6-9-20(13(2)21)11-14-10-15(18-17(22)12-23-5)7-8-16(14)19(3)4/h7-8,10H,6,9,11-12H2,1-5H3,(H,18,22). The van der Waals surface area contributed by atoms with Crippen molar-refractivity contribution in [1.82, 2.24) is 4.90 Å². The molecule has 0 aliphatic heterocycles. The van der Waals surface area contributed by atoms with Crippen LogP contribution in [0.25, 0.3) is 0 Å². The smallest absolute Gasteiger partial charge is 0.250 e. The van der Waals surface area contributed by atoms with E-state index in [-0.39, 0.29) is 18.4 Å². The Balaban J connectivity index is 3.04. The molecule has 0 spiro atoms. The van der Waals surface area contributed by atoms with Crippen LogP contribution in [0, 0.1) is 0 Å². The zero-order valence-corrected chi connectivity index (χ0v) is 14.7. The van der Waals surface area contributed by atoms with Gasteiger partial charge in [-0.05, 0) is 30.2 Å². The average molecular weight is 321 g/mol. The zero-order valence-electron chi connectivity index (χ0n) is 14.7.